The number of hydrogen-bond acceptors (Lipinski definition) is 4. The van der Waals surface area contributed by atoms with Gasteiger partial charge in [-0.15, -0.1) is 0 Å². The number of carbonyl (C=O) groups excluding carboxylic acids is 1. The van der Waals surface area contributed by atoms with E-state index in [0.29, 0.717) is 13.0 Å². The van der Waals surface area contributed by atoms with Crippen LogP contribution >= 0.6 is 0 Å². The molecule has 0 bridgehead atoms. The highest BCUT2D eigenvalue weighted by Crippen LogP contribution is 2.11. The van der Waals surface area contributed by atoms with E-state index in [2.05, 4.69) is 74.6 Å². The van der Waals surface area contributed by atoms with Gasteiger partial charge in [0.25, 0.3) is 0 Å². The Labute approximate surface area is 260 Å². The van der Waals surface area contributed by atoms with Crippen LogP contribution in [0.1, 0.15) is 149 Å². The first-order valence-corrected chi connectivity index (χ1v) is 17.4. The molecule has 0 heterocycles. The Morgan fingerprint density at radius 2 is 1.07 bits per heavy atom. The molecule has 0 amide bonds. The first-order chi connectivity index (χ1) is 20.7. The summed E-state index contributed by atoms with van der Waals surface area (Å²) in [7, 11) is 0. The number of ether oxygens (including phenoxy) is 2. The average molecular weight is 587 g/mol. The van der Waals surface area contributed by atoms with E-state index in [9.17, 15) is 9.90 Å². The molecule has 242 valence electrons. The summed E-state index contributed by atoms with van der Waals surface area (Å²) < 4.78 is 11.0. The van der Waals surface area contributed by atoms with E-state index in [1.165, 1.54) is 77.0 Å². The summed E-state index contributed by atoms with van der Waals surface area (Å²) in [6, 6.07) is 0. The summed E-state index contributed by atoms with van der Waals surface area (Å²) >= 11 is 0. The Balaban J connectivity index is 3.46. The number of rotatable bonds is 31. The lowest BCUT2D eigenvalue weighted by Crippen LogP contribution is -2.27. The molecular weight excluding hydrogens is 520 g/mol. The third-order valence-electron chi connectivity index (χ3n) is 7.11. The van der Waals surface area contributed by atoms with Gasteiger partial charge >= 0.3 is 5.97 Å². The zero-order chi connectivity index (χ0) is 30.6. The monoisotopic (exact) mass is 586 g/mol. The van der Waals surface area contributed by atoms with Gasteiger partial charge in [-0.05, 0) is 57.8 Å². The predicted molar refractivity (Wildman–Crippen MR) is 182 cm³/mol. The van der Waals surface area contributed by atoms with Crippen LogP contribution in [-0.2, 0) is 14.3 Å². The number of esters is 1. The summed E-state index contributed by atoms with van der Waals surface area (Å²) in [5.74, 6) is -0.217. The quantitative estimate of drug-likeness (QED) is 0.0499. The van der Waals surface area contributed by atoms with Crippen LogP contribution in [0.2, 0.25) is 0 Å². The lowest BCUT2D eigenvalue weighted by atomic mass is 10.1. The van der Waals surface area contributed by atoms with E-state index in [1.807, 2.05) is 0 Å². The highest BCUT2D eigenvalue weighted by atomic mass is 16.6. The molecule has 0 aliphatic carbocycles. The molecule has 0 aromatic rings. The second kappa shape index (κ2) is 35.3. The number of carbonyl (C=O) groups is 1. The van der Waals surface area contributed by atoms with Crippen LogP contribution in [0, 0.1) is 0 Å². The molecular formula is C38H66O4. The van der Waals surface area contributed by atoms with E-state index in [-0.39, 0.29) is 19.2 Å². The smallest absolute Gasteiger partial charge is 0.306 e. The van der Waals surface area contributed by atoms with Crippen LogP contribution in [-0.4, -0.2) is 37.0 Å². The molecule has 0 spiro atoms. The number of unbranched alkanes of at least 4 members (excludes halogenated alkanes) is 13. The third-order valence-corrected chi connectivity index (χ3v) is 7.11. The zero-order valence-corrected chi connectivity index (χ0v) is 27.5. The van der Waals surface area contributed by atoms with Crippen LogP contribution in [0.5, 0.6) is 0 Å². The van der Waals surface area contributed by atoms with E-state index >= 15 is 0 Å². The summed E-state index contributed by atoms with van der Waals surface area (Å²) in [5, 5.41) is 9.47. The van der Waals surface area contributed by atoms with Gasteiger partial charge in [0, 0.05) is 13.0 Å². The molecule has 0 saturated heterocycles. The minimum atomic E-state index is -0.535. The van der Waals surface area contributed by atoms with Crippen molar-refractivity contribution >= 4 is 5.97 Å². The molecule has 0 rings (SSSR count). The molecule has 0 fully saturated rings. The first-order valence-electron chi connectivity index (χ1n) is 17.4. The van der Waals surface area contributed by atoms with Gasteiger partial charge in [-0.3, -0.25) is 4.79 Å². The highest BCUT2D eigenvalue weighted by Gasteiger charge is 2.13. The second-order valence-electron chi connectivity index (χ2n) is 11.2. The minimum Gasteiger partial charge on any atom is -0.457 e. The van der Waals surface area contributed by atoms with Crippen LogP contribution in [0.25, 0.3) is 0 Å². The van der Waals surface area contributed by atoms with Crippen molar-refractivity contribution in [1.82, 2.24) is 0 Å². The summed E-state index contributed by atoms with van der Waals surface area (Å²) in [6.45, 7) is 5.14. The van der Waals surface area contributed by atoms with Gasteiger partial charge in [0.05, 0.1) is 13.2 Å². The van der Waals surface area contributed by atoms with E-state index in [4.69, 9.17) is 9.47 Å². The zero-order valence-electron chi connectivity index (χ0n) is 27.5. The molecule has 0 aromatic heterocycles. The minimum absolute atomic E-state index is 0.177. The van der Waals surface area contributed by atoms with Crippen molar-refractivity contribution < 1.29 is 19.4 Å². The summed E-state index contributed by atoms with van der Waals surface area (Å²) in [5.41, 5.74) is 0. The van der Waals surface area contributed by atoms with Crippen LogP contribution in [0.15, 0.2) is 60.8 Å². The number of aliphatic hydroxyl groups is 1. The van der Waals surface area contributed by atoms with Gasteiger partial charge in [-0.1, -0.05) is 145 Å². The van der Waals surface area contributed by atoms with Gasteiger partial charge in [0.1, 0.15) is 6.10 Å². The van der Waals surface area contributed by atoms with Crippen molar-refractivity contribution in [2.45, 2.75) is 155 Å². The topological polar surface area (TPSA) is 55.8 Å². The lowest BCUT2D eigenvalue weighted by Gasteiger charge is -2.15. The standard InChI is InChI=1S/C38H66O4/c1-3-5-7-9-11-12-13-14-15-16-17-18-19-20-21-22-23-24-25-26-27-28-30-32-34-41-36-37(35-39)42-38(40)33-31-29-10-8-6-4-2/h5,7,11-12,14-15,17-18,20-21,37,39H,3-4,6,8-10,13,16,19,22-36H2,1-2H3/b7-5-,12-11-,15-14-,18-17-,21-20-. The van der Waals surface area contributed by atoms with Crippen molar-refractivity contribution in [2.24, 2.45) is 0 Å². The fourth-order valence-electron chi connectivity index (χ4n) is 4.53. The highest BCUT2D eigenvalue weighted by molar-refractivity contribution is 5.69. The van der Waals surface area contributed by atoms with Crippen LogP contribution < -0.4 is 0 Å². The fraction of sp³-hybridized carbons (Fsp3) is 0.711. The van der Waals surface area contributed by atoms with Gasteiger partial charge < -0.3 is 14.6 Å². The lowest BCUT2D eigenvalue weighted by molar-refractivity contribution is -0.154. The summed E-state index contributed by atoms with van der Waals surface area (Å²) in [4.78, 5) is 11.9. The third kappa shape index (κ3) is 32.6. The molecule has 0 saturated carbocycles. The van der Waals surface area contributed by atoms with Crippen LogP contribution in [0.4, 0.5) is 0 Å². The molecule has 4 nitrogen and oxygen atoms in total. The molecule has 1 atom stereocenters. The SMILES string of the molecule is CC/C=C\C/C=C\C/C=C\C/C=C\C/C=C\CCCCCCCCCCOCC(CO)OC(=O)CCCCCCCC. The maximum absolute atomic E-state index is 11.9. The Morgan fingerprint density at radius 3 is 1.62 bits per heavy atom. The molecule has 42 heavy (non-hydrogen) atoms. The molecule has 0 radical (unpaired) electrons. The fourth-order valence-corrected chi connectivity index (χ4v) is 4.53. The molecule has 1 unspecified atom stereocenters. The molecule has 0 aliphatic rings. The predicted octanol–water partition coefficient (Wildman–Crippen LogP) is 10.9. The maximum Gasteiger partial charge on any atom is 0.306 e. The van der Waals surface area contributed by atoms with Gasteiger partial charge in [-0.2, -0.15) is 0 Å². The van der Waals surface area contributed by atoms with E-state index in [0.717, 1.165) is 51.4 Å². The van der Waals surface area contributed by atoms with Crippen molar-refractivity contribution in [2.75, 3.05) is 19.8 Å². The summed E-state index contributed by atoms with van der Waals surface area (Å²) in [6.07, 6.45) is 45.6. The van der Waals surface area contributed by atoms with Crippen molar-refractivity contribution in [3.63, 3.8) is 0 Å². The van der Waals surface area contributed by atoms with Crippen molar-refractivity contribution in [3.05, 3.63) is 60.8 Å². The van der Waals surface area contributed by atoms with Gasteiger partial charge in [-0.25, -0.2) is 0 Å². The largest absolute Gasteiger partial charge is 0.457 e. The Kier molecular flexibility index (Phi) is 33.7. The normalized spacial score (nSPS) is 13.1. The Bertz CT molecular complexity index is 704. The Morgan fingerprint density at radius 1 is 0.595 bits per heavy atom. The number of allylic oxidation sites excluding steroid dienone is 10. The molecule has 4 heteroatoms. The van der Waals surface area contributed by atoms with Gasteiger partial charge in [0.15, 0.2) is 0 Å². The second-order valence-corrected chi connectivity index (χ2v) is 11.2. The average Bonchev–Trinajstić information content (AvgIpc) is 3.00. The van der Waals surface area contributed by atoms with Crippen LogP contribution in [0.3, 0.4) is 0 Å². The molecule has 0 aliphatic heterocycles. The maximum atomic E-state index is 11.9. The number of aliphatic hydroxyl groups excluding tert-OH is 1. The van der Waals surface area contributed by atoms with Crippen molar-refractivity contribution in [1.29, 1.82) is 0 Å². The Hall–Kier alpha value is -1.91. The first kappa shape index (κ1) is 40.1. The number of hydrogen-bond donors (Lipinski definition) is 1. The van der Waals surface area contributed by atoms with Crippen molar-refractivity contribution in [3.8, 4) is 0 Å². The van der Waals surface area contributed by atoms with E-state index in [1.54, 1.807) is 0 Å². The van der Waals surface area contributed by atoms with E-state index < -0.39 is 6.10 Å². The molecule has 1 N–H and O–H groups in total. The van der Waals surface area contributed by atoms with Gasteiger partial charge in [0.2, 0.25) is 0 Å². The molecule has 0 aromatic carbocycles.